The molecular weight excluding hydrogens is 269 g/mol. The molecule has 0 bridgehead atoms. The smallest absolute Gasteiger partial charge is 0.331 e. The molecule has 0 N–H and O–H groups in total. The van der Waals surface area contributed by atoms with Gasteiger partial charge < -0.3 is 4.74 Å². The van der Waals surface area contributed by atoms with Crippen LogP contribution in [0.25, 0.3) is 5.03 Å². The van der Waals surface area contributed by atoms with E-state index in [1.54, 1.807) is 0 Å². The van der Waals surface area contributed by atoms with Crippen molar-refractivity contribution in [2.24, 2.45) is 0 Å². The third-order valence-corrected chi connectivity index (χ3v) is 2.51. The fraction of sp³-hybridized carbons (Fsp3) is 0.100. The molecule has 0 saturated heterocycles. The Balaban J connectivity index is 3.21. The Hall–Kier alpha value is -1.59. The van der Waals surface area contributed by atoms with Crippen molar-refractivity contribution in [2.45, 2.75) is 0 Å². The van der Waals surface area contributed by atoms with Crippen LogP contribution in [0.4, 0.5) is 5.69 Å². The number of nitrogens with zero attached hydrogens (tertiary/aromatic N) is 1. The largest absolute Gasteiger partial charge is 0.466 e. The molecule has 0 unspecified atom stereocenters. The monoisotopic (exact) mass is 275 g/mol. The maximum absolute atomic E-state index is 11.0. The van der Waals surface area contributed by atoms with Gasteiger partial charge in [-0.1, -0.05) is 23.2 Å². The van der Waals surface area contributed by atoms with Gasteiger partial charge in [0.25, 0.3) is 5.69 Å². The Bertz CT molecular complexity index is 499. The molecule has 1 rings (SSSR count). The zero-order chi connectivity index (χ0) is 13.0. The summed E-state index contributed by atoms with van der Waals surface area (Å²) in [5.41, 5.74) is 0.0359. The van der Waals surface area contributed by atoms with Crippen molar-refractivity contribution in [3.8, 4) is 0 Å². The van der Waals surface area contributed by atoms with Crippen LogP contribution < -0.4 is 0 Å². The second-order valence-corrected chi connectivity index (χ2v) is 3.75. The molecule has 1 aromatic carbocycles. The number of ether oxygens (including phenoxy) is 1. The average molecular weight is 276 g/mol. The van der Waals surface area contributed by atoms with E-state index in [1.165, 1.54) is 25.3 Å². The SMILES string of the molecule is COC(=O)C=C(Cl)c1cc([N+](=O)[O-])ccc1Cl. The molecule has 0 aliphatic carbocycles. The van der Waals surface area contributed by atoms with Crippen molar-refractivity contribution in [3.63, 3.8) is 0 Å². The highest BCUT2D eigenvalue weighted by Gasteiger charge is 2.13. The molecule has 0 amide bonds. The van der Waals surface area contributed by atoms with Crippen LogP contribution in [0, 0.1) is 10.1 Å². The first kappa shape index (κ1) is 13.5. The summed E-state index contributed by atoms with van der Waals surface area (Å²) in [7, 11) is 1.19. The van der Waals surface area contributed by atoms with Crippen molar-refractivity contribution in [1.29, 1.82) is 0 Å². The third-order valence-electron chi connectivity index (χ3n) is 1.86. The van der Waals surface area contributed by atoms with Crippen LogP contribution in [0.1, 0.15) is 5.56 Å². The van der Waals surface area contributed by atoms with Gasteiger partial charge in [0.1, 0.15) is 0 Å². The van der Waals surface area contributed by atoms with E-state index in [9.17, 15) is 14.9 Å². The minimum Gasteiger partial charge on any atom is -0.466 e. The van der Waals surface area contributed by atoms with Gasteiger partial charge in [0, 0.05) is 28.8 Å². The van der Waals surface area contributed by atoms with Crippen molar-refractivity contribution in [3.05, 3.63) is 45.0 Å². The number of halogens is 2. The molecule has 0 aliphatic heterocycles. The number of carbonyl (C=O) groups excluding carboxylic acids is 1. The average Bonchev–Trinajstić information content (AvgIpc) is 2.28. The zero-order valence-corrected chi connectivity index (χ0v) is 10.2. The Kier molecular flexibility index (Phi) is 4.48. The van der Waals surface area contributed by atoms with Gasteiger partial charge in [0.05, 0.1) is 17.1 Å². The summed E-state index contributed by atoms with van der Waals surface area (Å²) < 4.78 is 4.38. The second-order valence-electron chi connectivity index (χ2n) is 2.94. The number of nitro groups is 1. The summed E-state index contributed by atoms with van der Waals surface area (Å²) in [6, 6.07) is 3.76. The summed E-state index contributed by atoms with van der Waals surface area (Å²) in [6.07, 6.45) is 0.993. The third kappa shape index (κ3) is 3.44. The van der Waals surface area contributed by atoms with Gasteiger partial charge >= 0.3 is 5.97 Å². The number of benzene rings is 1. The van der Waals surface area contributed by atoms with Gasteiger partial charge in [-0.25, -0.2) is 4.79 Å². The van der Waals surface area contributed by atoms with Crippen LogP contribution in [0.15, 0.2) is 24.3 Å². The summed E-state index contributed by atoms with van der Waals surface area (Å²) in [4.78, 5) is 21.0. The highest BCUT2D eigenvalue weighted by atomic mass is 35.5. The van der Waals surface area contributed by atoms with E-state index in [0.29, 0.717) is 0 Å². The normalized spacial score (nSPS) is 11.1. The molecule has 0 aliphatic rings. The van der Waals surface area contributed by atoms with E-state index in [-0.39, 0.29) is 21.3 Å². The van der Waals surface area contributed by atoms with Gasteiger partial charge in [0.2, 0.25) is 0 Å². The topological polar surface area (TPSA) is 69.4 Å². The first-order chi connectivity index (χ1) is 7.95. The van der Waals surface area contributed by atoms with E-state index in [1.807, 2.05) is 0 Å². The molecule has 7 heteroatoms. The summed E-state index contributed by atoms with van der Waals surface area (Å²) in [6.45, 7) is 0. The Morgan fingerprint density at radius 1 is 1.53 bits per heavy atom. The Labute approximate surface area is 107 Å². The predicted octanol–water partition coefficient (Wildman–Crippen LogP) is 3.00. The van der Waals surface area contributed by atoms with Crippen molar-refractivity contribution in [2.75, 3.05) is 7.11 Å². The van der Waals surface area contributed by atoms with Crippen LogP contribution in [-0.2, 0) is 9.53 Å². The fourth-order valence-electron chi connectivity index (χ4n) is 1.05. The van der Waals surface area contributed by atoms with Crippen molar-refractivity contribution >= 4 is 39.9 Å². The minimum atomic E-state index is -0.669. The van der Waals surface area contributed by atoms with E-state index in [4.69, 9.17) is 23.2 Å². The lowest BCUT2D eigenvalue weighted by molar-refractivity contribution is -0.384. The lowest BCUT2D eigenvalue weighted by Crippen LogP contribution is -1.96. The number of carbonyl (C=O) groups is 1. The van der Waals surface area contributed by atoms with Gasteiger partial charge in [-0.3, -0.25) is 10.1 Å². The van der Waals surface area contributed by atoms with Gasteiger partial charge in [-0.15, -0.1) is 0 Å². The fourth-order valence-corrected chi connectivity index (χ4v) is 1.56. The number of hydrogen-bond donors (Lipinski definition) is 0. The molecule has 0 aromatic heterocycles. The highest BCUT2D eigenvalue weighted by Crippen LogP contribution is 2.30. The van der Waals surface area contributed by atoms with Crippen molar-refractivity contribution in [1.82, 2.24) is 0 Å². The quantitative estimate of drug-likeness (QED) is 0.368. The first-order valence-electron chi connectivity index (χ1n) is 4.35. The molecule has 0 radical (unpaired) electrons. The number of methoxy groups -OCH3 is 1. The van der Waals surface area contributed by atoms with Gasteiger partial charge in [0.15, 0.2) is 0 Å². The predicted molar refractivity (Wildman–Crippen MR) is 64.0 cm³/mol. The number of esters is 1. The lowest BCUT2D eigenvalue weighted by Gasteiger charge is -2.02. The molecule has 0 atom stereocenters. The summed E-state index contributed by atoms with van der Waals surface area (Å²) in [5.74, 6) is -0.669. The van der Waals surface area contributed by atoms with Crippen LogP contribution in [0.5, 0.6) is 0 Å². The van der Waals surface area contributed by atoms with Crippen molar-refractivity contribution < 1.29 is 14.5 Å². The number of rotatable bonds is 3. The molecule has 90 valence electrons. The van der Waals surface area contributed by atoms with Crippen LogP contribution in [-0.4, -0.2) is 18.0 Å². The van der Waals surface area contributed by atoms with Crippen LogP contribution in [0.3, 0.4) is 0 Å². The molecule has 1 aromatic rings. The first-order valence-corrected chi connectivity index (χ1v) is 5.10. The molecule has 0 saturated carbocycles. The van der Waals surface area contributed by atoms with Gasteiger partial charge in [-0.05, 0) is 6.07 Å². The van der Waals surface area contributed by atoms with Crippen LogP contribution >= 0.6 is 23.2 Å². The highest BCUT2D eigenvalue weighted by molar-refractivity contribution is 6.51. The molecular formula is C10H7Cl2NO4. The minimum absolute atomic E-state index is 0.0226. The maximum atomic E-state index is 11.0. The van der Waals surface area contributed by atoms with E-state index in [2.05, 4.69) is 4.74 Å². The number of nitro benzene ring substituents is 1. The number of hydrogen-bond acceptors (Lipinski definition) is 4. The van der Waals surface area contributed by atoms with E-state index in [0.717, 1.165) is 6.08 Å². The van der Waals surface area contributed by atoms with E-state index < -0.39 is 10.9 Å². The maximum Gasteiger partial charge on any atom is 0.331 e. The molecule has 0 fully saturated rings. The molecule has 5 nitrogen and oxygen atoms in total. The second kappa shape index (κ2) is 5.65. The standard InChI is InChI=1S/C10H7Cl2NO4/c1-17-10(14)5-9(12)7-4-6(13(15)16)2-3-8(7)11/h2-5H,1H3. The molecule has 0 spiro atoms. The van der Waals surface area contributed by atoms with Crippen LogP contribution in [0.2, 0.25) is 5.02 Å². The number of non-ortho nitro benzene ring substituents is 1. The molecule has 0 heterocycles. The Morgan fingerprint density at radius 2 is 2.18 bits per heavy atom. The summed E-state index contributed by atoms with van der Waals surface area (Å²) in [5, 5.41) is 10.8. The zero-order valence-electron chi connectivity index (χ0n) is 8.65. The van der Waals surface area contributed by atoms with E-state index >= 15 is 0 Å². The lowest BCUT2D eigenvalue weighted by atomic mass is 10.2. The molecule has 17 heavy (non-hydrogen) atoms. The Morgan fingerprint density at radius 3 is 2.71 bits per heavy atom. The summed E-state index contributed by atoms with van der Waals surface area (Å²) >= 11 is 11.6. The van der Waals surface area contributed by atoms with Gasteiger partial charge in [-0.2, -0.15) is 0 Å².